The van der Waals surface area contributed by atoms with Crippen molar-refractivity contribution in [2.45, 2.75) is 26.2 Å². The molecule has 1 rings (SSSR count). The molecule has 0 aliphatic rings. The zero-order chi connectivity index (χ0) is 12.2. The van der Waals surface area contributed by atoms with Crippen molar-refractivity contribution in [3.05, 3.63) is 11.7 Å². The molecule has 16 heavy (non-hydrogen) atoms. The molecule has 0 aliphatic carbocycles. The lowest BCUT2D eigenvalue weighted by Gasteiger charge is -2.19. The van der Waals surface area contributed by atoms with Crippen molar-refractivity contribution in [3.8, 4) is 0 Å². The van der Waals surface area contributed by atoms with Gasteiger partial charge in [-0.15, -0.1) is 0 Å². The number of hydrogen-bond acceptors (Lipinski definition) is 5. The zero-order valence-corrected chi connectivity index (χ0v) is 8.79. The van der Waals surface area contributed by atoms with E-state index in [4.69, 9.17) is 10.3 Å². The summed E-state index contributed by atoms with van der Waals surface area (Å²) in [5.74, 6) is 0.435. The van der Waals surface area contributed by atoms with E-state index in [9.17, 15) is 13.2 Å². The smallest absolute Gasteiger partial charge is 0.338 e. The van der Waals surface area contributed by atoms with E-state index in [2.05, 4.69) is 10.1 Å². The van der Waals surface area contributed by atoms with Crippen LogP contribution in [0.4, 0.5) is 13.2 Å². The largest absolute Gasteiger partial charge is 0.401 e. The fourth-order valence-electron chi connectivity index (χ4n) is 1.17. The lowest BCUT2D eigenvalue weighted by atomic mass is 10.4. The molecular formula is C8H13F3N4O. The normalized spacial score (nSPS) is 12.4. The Hall–Kier alpha value is -1.15. The molecule has 0 unspecified atom stereocenters. The van der Waals surface area contributed by atoms with Crippen LogP contribution in [0.25, 0.3) is 0 Å². The molecule has 0 aromatic carbocycles. The average Bonchev–Trinajstić information content (AvgIpc) is 2.62. The van der Waals surface area contributed by atoms with Crippen LogP contribution in [-0.4, -0.2) is 34.3 Å². The number of alkyl halides is 3. The van der Waals surface area contributed by atoms with Gasteiger partial charge in [0.1, 0.15) is 0 Å². The van der Waals surface area contributed by atoms with E-state index in [1.807, 2.05) is 0 Å². The van der Waals surface area contributed by atoms with Crippen molar-refractivity contribution in [3.63, 3.8) is 0 Å². The molecule has 0 atom stereocenters. The fraction of sp³-hybridized carbons (Fsp3) is 0.750. The SMILES string of the molecule is CCN(Cc1noc(CN)n1)CC(F)(F)F. The highest BCUT2D eigenvalue weighted by Gasteiger charge is 2.30. The number of hydrogen-bond donors (Lipinski definition) is 1. The van der Waals surface area contributed by atoms with Crippen molar-refractivity contribution in [2.75, 3.05) is 13.1 Å². The molecule has 0 saturated carbocycles. The molecule has 8 heteroatoms. The van der Waals surface area contributed by atoms with Gasteiger partial charge in [0.15, 0.2) is 5.82 Å². The van der Waals surface area contributed by atoms with Gasteiger partial charge >= 0.3 is 6.18 Å². The summed E-state index contributed by atoms with van der Waals surface area (Å²) >= 11 is 0. The van der Waals surface area contributed by atoms with Gasteiger partial charge in [0, 0.05) is 0 Å². The summed E-state index contributed by atoms with van der Waals surface area (Å²) in [5, 5.41) is 3.53. The first-order chi connectivity index (χ1) is 7.44. The molecule has 5 nitrogen and oxygen atoms in total. The Bertz CT molecular complexity index is 325. The minimum atomic E-state index is -4.23. The zero-order valence-electron chi connectivity index (χ0n) is 8.79. The second kappa shape index (κ2) is 5.26. The van der Waals surface area contributed by atoms with Crippen molar-refractivity contribution < 1.29 is 17.7 Å². The quantitative estimate of drug-likeness (QED) is 0.825. The van der Waals surface area contributed by atoms with Gasteiger partial charge in [-0.25, -0.2) is 0 Å². The van der Waals surface area contributed by atoms with Gasteiger partial charge in [0.05, 0.1) is 19.6 Å². The topological polar surface area (TPSA) is 68.2 Å². The first kappa shape index (κ1) is 12.9. The first-order valence-electron chi connectivity index (χ1n) is 4.75. The van der Waals surface area contributed by atoms with Crippen LogP contribution >= 0.6 is 0 Å². The standard InChI is InChI=1S/C8H13F3N4O/c1-2-15(5-8(9,10)11)4-6-13-7(3-12)16-14-6/h2-5,12H2,1H3. The van der Waals surface area contributed by atoms with E-state index in [1.165, 1.54) is 4.90 Å². The van der Waals surface area contributed by atoms with Crippen LogP contribution in [0.2, 0.25) is 0 Å². The van der Waals surface area contributed by atoms with Crippen LogP contribution in [0.3, 0.4) is 0 Å². The number of nitrogens with two attached hydrogens (primary N) is 1. The maximum Gasteiger partial charge on any atom is 0.401 e. The first-order valence-corrected chi connectivity index (χ1v) is 4.75. The van der Waals surface area contributed by atoms with Gasteiger partial charge in [0.25, 0.3) is 0 Å². The van der Waals surface area contributed by atoms with Crippen molar-refractivity contribution in [2.24, 2.45) is 5.73 Å². The third kappa shape index (κ3) is 4.15. The lowest BCUT2D eigenvalue weighted by molar-refractivity contribution is -0.146. The maximum atomic E-state index is 12.1. The van der Waals surface area contributed by atoms with Crippen LogP contribution < -0.4 is 5.73 Å². The summed E-state index contributed by atoms with van der Waals surface area (Å²) in [6, 6.07) is 0. The highest BCUT2D eigenvalue weighted by Crippen LogP contribution is 2.17. The molecule has 0 fully saturated rings. The van der Waals surface area contributed by atoms with Crippen molar-refractivity contribution >= 4 is 0 Å². The summed E-state index contributed by atoms with van der Waals surface area (Å²) in [6.07, 6.45) is -4.23. The van der Waals surface area contributed by atoms with Gasteiger partial charge in [-0.05, 0) is 6.54 Å². The van der Waals surface area contributed by atoms with E-state index < -0.39 is 12.7 Å². The van der Waals surface area contributed by atoms with Crippen molar-refractivity contribution in [1.29, 1.82) is 0 Å². The van der Waals surface area contributed by atoms with Crippen LogP contribution in [0.1, 0.15) is 18.6 Å². The number of aromatic nitrogens is 2. The monoisotopic (exact) mass is 238 g/mol. The molecule has 1 heterocycles. The van der Waals surface area contributed by atoms with Gasteiger partial charge in [-0.2, -0.15) is 18.2 Å². The summed E-state index contributed by atoms with van der Waals surface area (Å²) in [7, 11) is 0. The maximum absolute atomic E-state index is 12.1. The highest BCUT2D eigenvalue weighted by atomic mass is 19.4. The van der Waals surface area contributed by atoms with E-state index >= 15 is 0 Å². The van der Waals surface area contributed by atoms with E-state index in [1.54, 1.807) is 6.92 Å². The molecule has 1 aromatic rings. The van der Waals surface area contributed by atoms with Crippen LogP contribution in [0.5, 0.6) is 0 Å². The molecule has 1 aromatic heterocycles. The fourth-order valence-corrected chi connectivity index (χ4v) is 1.17. The number of nitrogens with zero attached hydrogens (tertiary/aromatic N) is 3. The summed E-state index contributed by atoms with van der Waals surface area (Å²) in [5.41, 5.74) is 5.24. The Kier molecular flexibility index (Phi) is 4.25. The Morgan fingerprint density at radius 2 is 2.12 bits per heavy atom. The van der Waals surface area contributed by atoms with E-state index in [-0.39, 0.29) is 31.3 Å². The summed E-state index contributed by atoms with van der Waals surface area (Å²) in [6.45, 7) is 0.982. The predicted molar refractivity (Wildman–Crippen MR) is 49.2 cm³/mol. The van der Waals surface area contributed by atoms with Gasteiger partial charge < -0.3 is 10.3 Å². The molecule has 0 amide bonds. The molecule has 0 bridgehead atoms. The summed E-state index contributed by atoms with van der Waals surface area (Å²) < 4.78 is 41.1. The second-order valence-corrected chi connectivity index (χ2v) is 3.23. The Morgan fingerprint density at radius 3 is 2.56 bits per heavy atom. The van der Waals surface area contributed by atoms with Crippen molar-refractivity contribution in [1.82, 2.24) is 15.0 Å². The molecular weight excluding hydrogens is 225 g/mol. The molecule has 0 radical (unpaired) electrons. The molecule has 0 spiro atoms. The Balaban J connectivity index is 2.56. The van der Waals surface area contributed by atoms with Gasteiger partial charge in [0.2, 0.25) is 5.89 Å². The minimum Gasteiger partial charge on any atom is -0.338 e. The lowest BCUT2D eigenvalue weighted by Crippen LogP contribution is -2.33. The molecule has 2 N–H and O–H groups in total. The minimum absolute atomic E-state index is 0.000486. The summed E-state index contributed by atoms with van der Waals surface area (Å²) in [4.78, 5) is 5.01. The van der Waals surface area contributed by atoms with Crippen LogP contribution in [-0.2, 0) is 13.1 Å². The predicted octanol–water partition coefficient (Wildman–Crippen LogP) is 0.913. The highest BCUT2D eigenvalue weighted by molar-refractivity contribution is 4.85. The number of halogens is 3. The van der Waals surface area contributed by atoms with Crippen LogP contribution in [0, 0.1) is 0 Å². The van der Waals surface area contributed by atoms with Crippen LogP contribution in [0.15, 0.2) is 4.52 Å². The number of rotatable bonds is 5. The second-order valence-electron chi connectivity index (χ2n) is 3.23. The molecule has 0 aliphatic heterocycles. The molecule has 0 saturated heterocycles. The Labute approximate surface area is 90.4 Å². The van der Waals surface area contributed by atoms with Gasteiger partial charge in [-0.1, -0.05) is 12.1 Å². The van der Waals surface area contributed by atoms with E-state index in [0.717, 1.165) is 0 Å². The third-order valence-electron chi connectivity index (χ3n) is 1.90. The Morgan fingerprint density at radius 1 is 1.44 bits per heavy atom. The molecule has 92 valence electrons. The average molecular weight is 238 g/mol. The van der Waals surface area contributed by atoms with E-state index in [0.29, 0.717) is 0 Å². The third-order valence-corrected chi connectivity index (χ3v) is 1.90. The van der Waals surface area contributed by atoms with Gasteiger partial charge in [-0.3, -0.25) is 4.90 Å².